The van der Waals surface area contributed by atoms with Crippen molar-refractivity contribution in [2.45, 2.75) is 56.9 Å². The van der Waals surface area contributed by atoms with Crippen molar-refractivity contribution in [3.05, 3.63) is 41.5 Å². The lowest BCUT2D eigenvalue weighted by molar-refractivity contribution is 0.0844. The molecule has 1 aromatic heterocycles. The molecule has 8 heteroatoms. The van der Waals surface area contributed by atoms with Gasteiger partial charge in [0.25, 0.3) is 5.91 Å². The molecule has 1 aliphatic heterocycles. The maximum Gasteiger partial charge on any atom is 0.254 e. The third-order valence-electron chi connectivity index (χ3n) is 6.68. The number of nitrogens with two attached hydrogens (primary N) is 1. The van der Waals surface area contributed by atoms with Crippen LogP contribution < -0.4 is 11.1 Å². The van der Waals surface area contributed by atoms with E-state index in [-0.39, 0.29) is 35.9 Å². The fourth-order valence-electron chi connectivity index (χ4n) is 4.76. The lowest BCUT2D eigenvalue weighted by atomic mass is 9.84. The van der Waals surface area contributed by atoms with E-state index in [2.05, 4.69) is 15.3 Å². The Kier molecular flexibility index (Phi) is 7.32. The van der Waals surface area contributed by atoms with Gasteiger partial charge in [0.2, 0.25) is 0 Å². The summed E-state index contributed by atoms with van der Waals surface area (Å²) in [7, 11) is 0. The maximum absolute atomic E-state index is 14.9. The molecule has 1 aromatic carbocycles. The molecular weight excluding hydrogens is 411 g/mol. The van der Waals surface area contributed by atoms with Gasteiger partial charge in [-0.05, 0) is 43.7 Å². The normalized spacial score (nSPS) is 18.9. The number of nitrogens with zero attached hydrogens (tertiary/aromatic N) is 2. The number of halogens is 1. The lowest BCUT2D eigenvalue weighted by Crippen LogP contribution is -2.43. The summed E-state index contributed by atoms with van der Waals surface area (Å²) in [4.78, 5) is 21.7. The van der Waals surface area contributed by atoms with Gasteiger partial charge in [-0.15, -0.1) is 0 Å². The number of carbonyl (C=O) groups is 1. The molecule has 7 nitrogen and oxygen atoms in total. The molecule has 2 aromatic rings. The van der Waals surface area contributed by atoms with E-state index in [1.54, 1.807) is 12.3 Å². The molecule has 0 spiro atoms. The fourth-order valence-corrected chi connectivity index (χ4v) is 4.76. The number of carbonyl (C=O) groups excluding carboxylic acids is 1. The van der Waals surface area contributed by atoms with E-state index in [0.717, 1.165) is 44.2 Å². The second kappa shape index (κ2) is 10.4. The number of amides is 1. The first-order valence-corrected chi connectivity index (χ1v) is 11.5. The average molecular weight is 443 g/mol. The number of hydrogen-bond donors (Lipinski definition) is 3. The standard InChI is InChI=1S/C24H31FN4O3/c25-19-12-17(22-23(26)27-13-20(28-22)16-8-10-32-11-9-16)6-7-18(19)24(31)29-21(14-30)15-4-2-1-3-5-15/h6-7,12-13,15-16,21,30H,1-5,8-11,14H2,(H2,26,27)(H,29,31). The molecule has 0 bridgehead atoms. The topological polar surface area (TPSA) is 110 Å². The number of aliphatic hydroxyl groups is 1. The Morgan fingerprint density at radius 3 is 2.66 bits per heavy atom. The lowest BCUT2D eigenvalue weighted by Gasteiger charge is -2.29. The number of ether oxygens (including phenoxy) is 1. The highest BCUT2D eigenvalue weighted by molar-refractivity contribution is 5.95. The minimum atomic E-state index is -0.655. The zero-order valence-electron chi connectivity index (χ0n) is 18.2. The predicted octanol–water partition coefficient (Wildman–Crippen LogP) is 3.43. The van der Waals surface area contributed by atoms with E-state index in [1.807, 2.05) is 0 Å². The molecule has 2 heterocycles. The van der Waals surface area contributed by atoms with Crippen LogP contribution in [0.4, 0.5) is 10.2 Å². The van der Waals surface area contributed by atoms with Crippen LogP contribution in [0, 0.1) is 11.7 Å². The van der Waals surface area contributed by atoms with Gasteiger partial charge in [0.05, 0.1) is 30.1 Å². The smallest absolute Gasteiger partial charge is 0.254 e. The summed E-state index contributed by atoms with van der Waals surface area (Å²) in [6.45, 7) is 1.21. The fraction of sp³-hybridized carbons (Fsp3) is 0.542. The molecule has 1 amide bonds. The van der Waals surface area contributed by atoms with Crippen LogP contribution in [0.3, 0.4) is 0 Å². The van der Waals surface area contributed by atoms with Gasteiger partial charge in [-0.25, -0.2) is 14.4 Å². The van der Waals surface area contributed by atoms with Gasteiger partial charge in [0, 0.05) is 24.7 Å². The van der Waals surface area contributed by atoms with Crippen molar-refractivity contribution in [3.63, 3.8) is 0 Å². The van der Waals surface area contributed by atoms with E-state index >= 15 is 0 Å². The molecule has 2 fully saturated rings. The number of anilines is 1. The largest absolute Gasteiger partial charge is 0.394 e. The molecule has 0 radical (unpaired) electrons. The number of rotatable bonds is 6. The molecule has 4 N–H and O–H groups in total. The quantitative estimate of drug-likeness (QED) is 0.632. The molecular formula is C24H31FN4O3. The summed E-state index contributed by atoms with van der Waals surface area (Å²) in [6, 6.07) is 4.00. The van der Waals surface area contributed by atoms with Gasteiger partial charge in [0.15, 0.2) is 0 Å². The van der Waals surface area contributed by atoms with Crippen LogP contribution in [0.2, 0.25) is 0 Å². The Balaban J connectivity index is 1.52. The van der Waals surface area contributed by atoms with Gasteiger partial charge in [0.1, 0.15) is 17.3 Å². The van der Waals surface area contributed by atoms with E-state index < -0.39 is 11.7 Å². The van der Waals surface area contributed by atoms with Crippen LogP contribution in [0.1, 0.15) is 66.9 Å². The molecule has 1 saturated heterocycles. The highest BCUT2D eigenvalue weighted by Gasteiger charge is 2.26. The summed E-state index contributed by atoms with van der Waals surface area (Å²) in [5, 5.41) is 12.6. The average Bonchev–Trinajstić information content (AvgIpc) is 2.83. The third-order valence-corrected chi connectivity index (χ3v) is 6.68. The first-order chi connectivity index (χ1) is 15.6. The molecule has 1 atom stereocenters. The molecule has 1 aliphatic carbocycles. The summed E-state index contributed by atoms with van der Waals surface area (Å²) >= 11 is 0. The Bertz CT molecular complexity index is 943. The summed E-state index contributed by atoms with van der Waals surface area (Å²) in [6.07, 6.45) is 8.69. The van der Waals surface area contributed by atoms with Gasteiger partial charge in [-0.3, -0.25) is 4.79 Å². The van der Waals surface area contributed by atoms with Gasteiger partial charge < -0.3 is 20.9 Å². The van der Waals surface area contributed by atoms with Crippen molar-refractivity contribution in [2.75, 3.05) is 25.6 Å². The second-order valence-electron chi connectivity index (χ2n) is 8.77. The first-order valence-electron chi connectivity index (χ1n) is 11.5. The van der Waals surface area contributed by atoms with E-state index in [9.17, 15) is 14.3 Å². The minimum absolute atomic E-state index is 0.0601. The van der Waals surface area contributed by atoms with E-state index in [0.29, 0.717) is 24.5 Å². The number of hydrogen-bond acceptors (Lipinski definition) is 6. The van der Waals surface area contributed by atoms with Crippen LogP contribution in [-0.2, 0) is 4.74 Å². The van der Waals surface area contributed by atoms with Crippen molar-refractivity contribution in [1.82, 2.24) is 15.3 Å². The highest BCUT2D eigenvalue weighted by Crippen LogP contribution is 2.30. The van der Waals surface area contributed by atoms with Gasteiger partial charge in [-0.1, -0.05) is 25.3 Å². The van der Waals surface area contributed by atoms with Crippen LogP contribution >= 0.6 is 0 Å². The Morgan fingerprint density at radius 1 is 1.22 bits per heavy atom. The van der Waals surface area contributed by atoms with Crippen molar-refractivity contribution >= 4 is 11.7 Å². The minimum Gasteiger partial charge on any atom is -0.394 e. The van der Waals surface area contributed by atoms with Crippen LogP contribution in [0.25, 0.3) is 11.3 Å². The van der Waals surface area contributed by atoms with Crippen molar-refractivity contribution in [2.24, 2.45) is 5.92 Å². The second-order valence-corrected chi connectivity index (χ2v) is 8.77. The Hall–Kier alpha value is -2.58. The number of nitrogen functional groups attached to an aromatic ring is 1. The van der Waals surface area contributed by atoms with Gasteiger partial charge >= 0.3 is 0 Å². The van der Waals surface area contributed by atoms with E-state index in [1.165, 1.54) is 18.6 Å². The molecule has 1 saturated carbocycles. The van der Waals surface area contributed by atoms with Crippen molar-refractivity contribution in [3.8, 4) is 11.3 Å². The van der Waals surface area contributed by atoms with Crippen LogP contribution in [-0.4, -0.2) is 46.8 Å². The molecule has 2 aliphatic rings. The zero-order chi connectivity index (χ0) is 22.5. The van der Waals surface area contributed by atoms with Gasteiger partial charge in [-0.2, -0.15) is 0 Å². The SMILES string of the molecule is Nc1ncc(C2CCOCC2)nc1-c1ccc(C(=O)NC(CO)C2CCCCC2)c(F)c1. The van der Waals surface area contributed by atoms with Crippen molar-refractivity contribution < 1.29 is 19.0 Å². The Morgan fingerprint density at radius 2 is 1.97 bits per heavy atom. The third kappa shape index (κ3) is 5.07. The summed E-state index contributed by atoms with van der Waals surface area (Å²) in [5.41, 5.74) is 7.68. The molecule has 4 rings (SSSR count). The number of aliphatic hydroxyl groups excluding tert-OH is 1. The number of nitrogens with one attached hydrogen (secondary N) is 1. The van der Waals surface area contributed by atoms with Crippen molar-refractivity contribution in [1.29, 1.82) is 0 Å². The monoisotopic (exact) mass is 442 g/mol. The van der Waals surface area contributed by atoms with Crippen LogP contribution in [0.5, 0.6) is 0 Å². The molecule has 1 unspecified atom stereocenters. The molecule has 32 heavy (non-hydrogen) atoms. The van der Waals surface area contributed by atoms with Crippen LogP contribution in [0.15, 0.2) is 24.4 Å². The summed E-state index contributed by atoms with van der Waals surface area (Å²) in [5.74, 6) is -0.495. The first kappa shape index (κ1) is 22.6. The maximum atomic E-state index is 14.9. The summed E-state index contributed by atoms with van der Waals surface area (Å²) < 4.78 is 20.4. The molecule has 172 valence electrons. The Labute approximate surface area is 187 Å². The predicted molar refractivity (Wildman–Crippen MR) is 120 cm³/mol. The van der Waals surface area contributed by atoms with E-state index in [4.69, 9.17) is 10.5 Å². The highest BCUT2D eigenvalue weighted by atomic mass is 19.1. The number of aromatic nitrogens is 2. The zero-order valence-corrected chi connectivity index (χ0v) is 18.2. The number of benzene rings is 1.